The van der Waals surface area contributed by atoms with Crippen molar-refractivity contribution in [2.75, 3.05) is 13.1 Å². The van der Waals surface area contributed by atoms with Gasteiger partial charge in [-0.2, -0.15) is 0 Å². The first-order chi connectivity index (χ1) is 10.7. The molecule has 120 valence electrons. The van der Waals surface area contributed by atoms with Gasteiger partial charge in [-0.3, -0.25) is 4.79 Å². The molecule has 0 spiro atoms. The molecule has 2 bridgehead atoms. The van der Waals surface area contributed by atoms with Gasteiger partial charge >= 0.3 is 0 Å². The van der Waals surface area contributed by atoms with Crippen LogP contribution in [0.3, 0.4) is 0 Å². The van der Waals surface area contributed by atoms with E-state index in [0.717, 1.165) is 37.7 Å². The summed E-state index contributed by atoms with van der Waals surface area (Å²) in [4.78, 5) is 19.5. The van der Waals surface area contributed by atoms with Crippen LogP contribution in [0.25, 0.3) is 0 Å². The standard InChI is InChI=1S/C18H27N3O/c1-20-8-6-19-17(20)11-14-3-2-7-21(12-14)18(22)16-10-13-4-5-15(16)9-13/h6,8,13-16H,2-5,7,9-12H2,1H3/t13-,14-,15-,16+/m0/s1. The Morgan fingerprint density at radius 3 is 2.91 bits per heavy atom. The highest BCUT2D eigenvalue weighted by Gasteiger charge is 2.44. The zero-order chi connectivity index (χ0) is 15.1. The summed E-state index contributed by atoms with van der Waals surface area (Å²) in [5.74, 6) is 4.11. The Morgan fingerprint density at radius 2 is 2.23 bits per heavy atom. The Labute approximate surface area is 132 Å². The molecule has 2 heterocycles. The molecule has 2 aliphatic carbocycles. The molecule has 2 saturated carbocycles. The van der Waals surface area contributed by atoms with Crippen LogP contribution in [0, 0.1) is 23.7 Å². The van der Waals surface area contributed by atoms with Crippen LogP contribution < -0.4 is 0 Å². The summed E-state index contributed by atoms with van der Waals surface area (Å²) in [6, 6.07) is 0. The van der Waals surface area contributed by atoms with E-state index in [-0.39, 0.29) is 0 Å². The number of carbonyl (C=O) groups excluding carboxylic acids is 1. The number of hydrogen-bond donors (Lipinski definition) is 0. The summed E-state index contributed by atoms with van der Waals surface area (Å²) in [5.41, 5.74) is 0. The number of aryl methyl sites for hydroxylation is 1. The average Bonchev–Trinajstić information content (AvgIpc) is 3.25. The normalized spacial score (nSPS) is 34.3. The summed E-state index contributed by atoms with van der Waals surface area (Å²) in [6.07, 6.45) is 12.4. The molecule has 4 rings (SSSR count). The molecule has 4 heteroatoms. The molecule has 0 radical (unpaired) electrons. The Hall–Kier alpha value is -1.32. The summed E-state index contributed by atoms with van der Waals surface area (Å²) >= 11 is 0. The van der Waals surface area contributed by atoms with Gasteiger partial charge in [0.15, 0.2) is 0 Å². The van der Waals surface area contributed by atoms with Crippen LogP contribution in [0.4, 0.5) is 0 Å². The number of rotatable bonds is 3. The van der Waals surface area contributed by atoms with Gasteiger partial charge < -0.3 is 9.47 Å². The van der Waals surface area contributed by atoms with Crippen LogP contribution in [0.2, 0.25) is 0 Å². The molecule has 1 aromatic rings. The van der Waals surface area contributed by atoms with Crippen LogP contribution in [0.1, 0.15) is 44.3 Å². The minimum absolute atomic E-state index is 0.352. The van der Waals surface area contributed by atoms with E-state index in [4.69, 9.17) is 0 Å². The fraction of sp³-hybridized carbons (Fsp3) is 0.778. The van der Waals surface area contributed by atoms with Crippen molar-refractivity contribution < 1.29 is 4.79 Å². The van der Waals surface area contributed by atoms with Crippen LogP contribution in [-0.2, 0) is 18.3 Å². The molecule has 22 heavy (non-hydrogen) atoms. The Kier molecular flexibility index (Phi) is 3.71. The molecule has 4 nitrogen and oxygen atoms in total. The van der Waals surface area contributed by atoms with Crippen molar-refractivity contribution in [2.45, 2.75) is 44.9 Å². The van der Waals surface area contributed by atoms with E-state index in [9.17, 15) is 4.79 Å². The number of fused-ring (bicyclic) bond motifs is 2. The first-order valence-corrected chi connectivity index (χ1v) is 8.95. The predicted octanol–water partition coefficient (Wildman–Crippen LogP) is 2.64. The average molecular weight is 301 g/mol. The fourth-order valence-corrected chi connectivity index (χ4v) is 5.06. The van der Waals surface area contributed by atoms with E-state index in [1.807, 2.05) is 12.4 Å². The van der Waals surface area contributed by atoms with Crippen molar-refractivity contribution in [3.8, 4) is 0 Å². The first-order valence-electron chi connectivity index (χ1n) is 8.95. The second-order valence-electron chi connectivity index (χ2n) is 7.73. The molecule has 0 aromatic carbocycles. The molecule has 3 aliphatic rings. The lowest BCUT2D eigenvalue weighted by molar-refractivity contribution is -0.139. The van der Waals surface area contributed by atoms with Gasteiger partial charge in [0.2, 0.25) is 5.91 Å². The second-order valence-corrected chi connectivity index (χ2v) is 7.73. The first kappa shape index (κ1) is 14.3. The van der Waals surface area contributed by atoms with Gasteiger partial charge in [-0.15, -0.1) is 0 Å². The van der Waals surface area contributed by atoms with E-state index < -0.39 is 0 Å². The van der Waals surface area contributed by atoms with Gasteiger partial charge in [0.25, 0.3) is 0 Å². The zero-order valence-electron chi connectivity index (χ0n) is 13.6. The van der Waals surface area contributed by atoms with Gasteiger partial charge in [0.1, 0.15) is 5.82 Å². The number of amides is 1. The van der Waals surface area contributed by atoms with Crippen LogP contribution in [0.15, 0.2) is 12.4 Å². The summed E-state index contributed by atoms with van der Waals surface area (Å²) in [7, 11) is 2.06. The number of imidazole rings is 1. The van der Waals surface area contributed by atoms with Crippen molar-refractivity contribution in [1.82, 2.24) is 14.5 Å². The number of nitrogens with zero attached hydrogens (tertiary/aromatic N) is 3. The largest absolute Gasteiger partial charge is 0.342 e. The Bertz CT molecular complexity index is 552. The van der Waals surface area contributed by atoms with Crippen molar-refractivity contribution in [3.63, 3.8) is 0 Å². The molecule has 0 N–H and O–H groups in total. The number of likely N-dealkylation sites (tertiary alicyclic amines) is 1. The van der Waals surface area contributed by atoms with E-state index >= 15 is 0 Å². The van der Waals surface area contributed by atoms with E-state index in [1.54, 1.807) is 0 Å². The van der Waals surface area contributed by atoms with Gasteiger partial charge in [0.05, 0.1) is 0 Å². The highest BCUT2D eigenvalue weighted by atomic mass is 16.2. The molecule has 1 aliphatic heterocycles. The van der Waals surface area contributed by atoms with Crippen molar-refractivity contribution in [1.29, 1.82) is 0 Å². The Morgan fingerprint density at radius 1 is 1.32 bits per heavy atom. The maximum atomic E-state index is 12.9. The zero-order valence-corrected chi connectivity index (χ0v) is 13.6. The SMILES string of the molecule is Cn1ccnc1C[C@@H]1CCCN(C(=O)[C@@H]2C[C@H]3CC[C@H]2C3)C1. The third-order valence-electron chi connectivity index (χ3n) is 6.28. The minimum atomic E-state index is 0.352. The van der Waals surface area contributed by atoms with Gasteiger partial charge in [-0.1, -0.05) is 6.42 Å². The van der Waals surface area contributed by atoms with Gasteiger partial charge in [0, 0.05) is 44.9 Å². The lowest BCUT2D eigenvalue weighted by Crippen LogP contribution is -2.44. The molecule has 1 amide bonds. The maximum absolute atomic E-state index is 12.9. The smallest absolute Gasteiger partial charge is 0.225 e. The number of carbonyl (C=O) groups is 1. The highest BCUT2D eigenvalue weighted by molar-refractivity contribution is 5.79. The highest BCUT2D eigenvalue weighted by Crippen LogP contribution is 2.49. The van der Waals surface area contributed by atoms with E-state index in [0.29, 0.717) is 23.7 Å². The molecule has 1 saturated heterocycles. The monoisotopic (exact) mass is 301 g/mol. The molecular formula is C18H27N3O. The third-order valence-corrected chi connectivity index (χ3v) is 6.28. The minimum Gasteiger partial charge on any atom is -0.342 e. The number of aromatic nitrogens is 2. The van der Waals surface area contributed by atoms with Gasteiger partial charge in [-0.25, -0.2) is 4.98 Å². The summed E-state index contributed by atoms with van der Waals surface area (Å²) in [5, 5.41) is 0. The number of hydrogen-bond acceptors (Lipinski definition) is 2. The predicted molar refractivity (Wildman–Crippen MR) is 85.2 cm³/mol. The van der Waals surface area contributed by atoms with Gasteiger partial charge in [-0.05, 0) is 49.9 Å². The molecule has 0 unspecified atom stereocenters. The van der Waals surface area contributed by atoms with E-state index in [1.165, 1.54) is 32.1 Å². The van der Waals surface area contributed by atoms with Crippen molar-refractivity contribution in [3.05, 3.63) is 18.2 Å². The Balaban J connectivity index is 1.38. The van der Waals surface area contributed by atoms with Crippen LogP contribution in [-0.4, -0.2) is 33.4 Å². The lowest BCUT2D eigenvalue weighted by atomic mass is 9.86. The van der Waals surface area contributed by atoms with Crippen LogP contribution in [0.5, 0.6) is 0 Å². The summed E-state index contributed by atoms with van der Waals surface area (Å²) in [6.45, 7) is 1.92. The summed E-state index contributed by atoms with van der Waals surface area (Å²) < 4.78 is 2.11. The van der Waals surface area contributed by atoms with Crippen molar-refractivity contribution >= 4 is 5.91 Å². The molecular weight excluding hydrogens is 274 g/mol. The maximum Gasteiger partial charge on any atom is 0.225 e. The quantitative estimate of drug-likeness (QED) is 0.861. The topological polar surface area (TPSA) is 38.1 Å². The van der Waals surface area contributed by atoms with Crippen LogP contribution >= 0.6 is 0 Å². The fourth-order valence-electron chi connectivity index (χ4n) is 5.06. The molecule has 1 aromatic heterocycles. The lowest BCUT2D eigenvalue weighted by Gasteiger charge is -2.36. The second kappa shape index (κ2) is 5.71. The number of piperidine rings is 1. The van der Waals surface area contributed by atoms with E-state index in [2.05, 4.69) is 21.5 Å². The third kappa shape index (κ3) is 2.57. The van der Waals surface area contributed by atoms with Crippen molar-refractivity contribution in [2.24, 2.45) is 30.7 Å². The molecule has 4 atom stereocenters. The molecule has 3 fully saturated rings.